The molecule has 0 saturated carbocycles. The summed E-state index contributed by atoms with van der Waals surface area (Å²) in [7, 11) is 1.40. The van der Waals surface area contributed by atoms with Crippen molar-refractivity contribution in [1.82, 2.24) is 0 Å². The smallest absolute Gasteiger partial charge is 0.338 e. The minimum absolute atomic E-state index is 0.270. The van der Waals surface area contributed by atoms with Gasteiger partial charge in [0.25, 0.3) is 0 Å². The van der Waals surface area contributed by atoms with Crippen molar-refractivity contribution in [3.8, 4) is 0 Å². The Morgan fingerprint density at radius 3 is 2.86 bits per heavy atom. The third kappa shape index (κ3) is 2.63. The van der Waals surface area contributed by atoms with Gasteiger partial charge in [-0.2, -0.15) is 0 Å². The fraction of sp³-hybridized carbons (Fsp3) is 0.300. The lowest BCUT2D eigenvalue weighted by atomic mass is 10.2. The van der Waals surface area contributed by atoms with Crippen LogP contribution < -0.4 is 0 Å². The molecule has 0 amide bonds. The molecule has 0 unspecified atom stereocenters. The molecule has 0 bridgehead atoms. The summed E-state index contributed by atoms with van der Waals surface area (Å²) < 4.78 is 5.67. The molecule has 0 heterocycles. The maximum atomic E-state index is 11.4. The molecule has 0 saturated heterocycles. The van der Waals surface area contributed by atoms with Gasteiger partial charge in [-0.15, -0.1) is 11.8 Å². The van der Waals surface area contributed by atoms with Gasteiger partial charge in [0.1, 0.15) is 0 Å². The summed E-state index contributed by atoms with van der Waals surface area (Å²) in [4.78, 5) is 12.5. The summed E-state index contributed by atoms with van der Waals surface area (Å²) >= 11 is 3.91. The van der Waals surface area contributed by atoms with Crippen molar-refractivity contribution in [3.05, 3.63) is 27.3 Å². The van der Waals surface area contributed by atoms with E-state index in [2.05, 4.69) is 29.5 Å². The van der Waals surface area contributed by atoms with Crippen molar-refractivity contribution in [1.29, 1.82) is 0 Å². The van der Waals surface area contributed by atoms with Gasteiger partial charge in [-0.3, -0.25) is 0 Å². The van der Waals surface area contributed by atoms with Gasteiger partial charge in [0, 0.05) is 8.47 Å². The number of esters is 1. The molecule has 0 atom stereocenters. The summed E-state index contributed by atoms with van der Waals surface area (Å²) in [5.74, 6) is 0.730. The number of ether oxygens (including phenoxy) is 1. The van der Waals surface area contributed by atoms with Gasteiger partial charge < -0.3 is 4.74 Å². The van der Waals surface area contributed by atoms with E-state index in [0.717, 1.165) is 14.2 Å². The number of halogens is 1. The van der Waals surface area contributed by atoms with E-state index in [0.29, 0.717) is 5.56 Å². The Kier molecular flexibility index (Phi) is 4.74. The minimum Gasteiger partial charge on any atom is -0.465 e. The number of methoxy groups -OCH3 is 1. The first-order valence-corrected chi connectivity index (χ1v) is 6.26. The largest absolute Gasteiger partial charge is 0.465 e. The molecule has 0 spiro atoms. The predicted molar refractivity (Wildman–Crippen MR) is 66.9 cm³/mol. The molecule has 0 aromatic heterocycles. The molecule has 0 N–H and O–H groups in total. The topological polar surface area (TPSA) is 26.3 Å². The summed E-state index contributed by atoms with van der Waals surface area (Å²) in [6.45, 7) is 2.09. The average molecular weight is 322 g/mol. The van der Waals surface area contributed by atoms with Crippen LogP contribution in [-0.2, 0) is 4.74 Å². The Labute approximate surface area is 102 Å². The molecule has 4 heteroatoms. The first-order valence-electron chi connectivity index (χ1n) is 4.20. The fourth-order valence-electron chi connectivity index (χ4n) is 1.05. The lowest BCUT2D eigenvalue weighted by molar-refractivity contribution is 0.0599. The summed E-state index contributed by atoms with van der Waals surface area (Å²) in [5, 5.41) is 0. The van der Waals surface area contributed by atoms with E-state index < -0.39 is 0 Å². The first-order chi connectivity index (χ1) is 6.70. The molecule has 76 valence electrons. The highest BCUT2D eigenvalue weighted by Crippen LogP contribution is 2.27. The summed E-state index contributed by atoms with van der Waals surface area (Å²) in [6, 6.07) is 5.68. The van der Waals surface area contributed by atoms with Crippen molar-refractivity contribution in [2.45, 2.75) is 11.8 Å². The van der Waals surface area contributed by atoms with Gasteiger partial charge in [0.2, 0.25) is 0 Å². The van der Waals surface area contributed by atoms with E-state index in [1.165, 1.54) is 7.11 Å². The highest BCUT2D eigenvalue weighted by molar-refractivity contribution is 14.1. The van der Waals surface area contributed by atoms with E-state index in [1.54, 1.807) is 17.8 Å². The van der Waals surface area contributed by atoms with Crippen LogP contribution in [0.25, 0.3) is 0 Å². The lowest BCUT2D eigenvalue weighted by Crippen LogP contribution is -2.04. The van der Waals surface area contributed by atoms with Crippen LogP contribution in [0.3, 0.4) is 0 Å². The molecule has 1 aromatic rings. The van der Waals surface area contributed by atoms with E-state index >= 15 is 0 Å². The molecule has 2 nitrogen and oxygen atoms in total. The van der Waals surface area contributed by atoms with Crippen LogP contribution in [0.2, 0.25) is 0 Å². The van der Waals surface area contributed by atoms with Crippen molar-refractivity contribution < 1.29 is 9.53 Å². The van der Waals surface area contributed by atoms with Gasteiger partial charge in [-0.05, 0) is 40.5 Å². The lowest BCUT2D eigenvalue weighted by Gasteiger charge is -2.06. The number of benzene rings is 1. The third-order valence-electron chi connectivity index (χ3n) is 1.67. The second-order valence-electron chi connectivity index (χ2n) is 2.54. The third-order valence-corrected chi connectivity index (χ3v) is 4.14. The van der Waals surface area contributed by atoms with E-state index in [-0.39, 0.29) is 5.97 Å². The maximum Gasteiger partial charge on any atom is 0.338 e. The second kappa shape index (κ2) is 5.60. The zero-order valence-corrected chi connectivity index (χ0v) is 11.0. The molecule has 0 aliphatic carbocycles. The Morgan fingerprint density at radius 1 is 1.57 bits per heavy atom. The number of carbonyl (C=O) groups excluding carboxylic acids is 1. The highest BCUT2D eigenvalue weighted by atomic mass is 127. The zero-order valence-electron chi connectivity index (χ0n) is 8.04. The summed E-state index contributed by atoms with van der Waals surface area (Å²) in [5.41, 5.74) is 0.645. The molecule has 0 radical (unpaired) electrons. The fourth-order valence-corrected chi connectivity index (χ4v) is 2.81. The normalized spacial score (nSPS) is 9.93. The zero-order chi connectivity index (χ0) is 10.6. The maximum absolute atomic E-state index is 11.4. The van der Waals surface area contributed by atoms with Gasteiger partial charge in [0.05, 0.1) is 12.7 Å². The Balaban J connectivity index is 3.07. The number of carbonyl (C=O) groups is 1. The predicted octanol–water partition coefficient (Wildman–Crippen LogP) is 3.19. The van der Waals surface area contributed by atoms with Crippen LogP contribution in [0.4, 0.5) is 0 Å². The van der Waals surface area contributed by atoms with Crippen LogP contribution >= 0.6 is 34.4 Å². The molecule has 14 heavy (non-hydrogen) atoms. The van der Waals surface area contributed by atoms with Gasteiger partial charge in [0.15, 0.2) is 0 Å². The Hall–Kier alpha value is -0.230. The van der Waals surface area contributed by atoms with Crippen molar-refractivity contribution in [3.63, 3.8) is 0 Å². The molecule has 1 rings (SSSR count). The van der Waals surface area contributed by atoms with E-state index in [4.69, 9.17) is 4.74 Å². The van der Waals surface area contributed by atoms with Crippen LogP contribution in [0, 0.1) is 3.57 Å². The Bertz CT molecular complexity index is 339. The number of hydrogen-bond donors (Lipinski definition) is 0. The monoisotopic (exact) mass is 322 g/mol. The average Bonchev–Trinajstić information content (AvgIpc) is 2.20. The Morgan fingerprint density at radius 2 is 2.29 bits per heavy atom. The number of rotatable bonds is 3. The van der Waals surface area contributed by atoms with E-state index in [9.17, 15) is 4.79 Å². The first kappa shape index (κ1) is 11.8. The molecule has 0 aliphatic heterocycles. The van der Waals surface area contributed by atoms with Crippen LogP contribution in [0.5, 0.6) is 0 Å². The molecule has 1 aromatic carbocycles. The summed E-state index contributed by atoms with van der Waals surface area (Å²) in [6.07, 6.45) is 0. The quantitative estimate of drug-likeness (QED) is 0.486. The van der Waals surface area contributed by atoms with Crippen molar-refractivity contribution in [2.24, 2.45) is 0 Å². The molecular weight excluding hydrogens is 311 g/mol. The van der Waals surface area contributed by atoms with Crippen LogP contribution in [0.1, 0.15) is 17.3 Å². The highest BCUT2D eigenvalue weighted by Gasteiger charge is 2.12. The van der Waals surface area contributed by atoms with Crippen molar-refractivity contribution >= 4 is 40.3 Å². The molecular formula is C10H11IO2S. The van der Waals surface area contributed by atoms with Gasteiger partial charge in [-0.25, -0.2) is 4.79 Å². The van der Waals surface area contributed by atoms with Gasteiger partial charge in [-0.1, -0.05) is 13.0 Å². The van der Waals surface area contributed by atoms with Crippen LogP contribution in [0.15, 0.2) is 23.1 Å². The van der Waals surface area contributed by atoms with E-state index in [1.807, 2.05) is 12.1 Å². The van der Waals surface area contributed by atoms with Crippen molar-refractivity contribution in [2.75, 3.05) is 12.9 Å². The van der Waals surface area contributed by atoms with Gasteiger partial charge >= 0.3 is 5.97 Å². The standard InChI is InChI=1S/C10H11IO2S/c1-3-14-8-6-4-5-7(9(8)11)10(12)13-2/h4-6H,3H2,1-2H3. The minimum atomic E-state index is -0.270. The SMILES string of the molecule is CCSc1cccc(C(=O)OC)c1I. The van der Waals surface area contributed by atoms with Crippen LogP contribution in [-0.4, -0.2) is 18.8 Å². The number of thioether (sulfide) groups is 1. The number of hydrogen-bond acceptors (Lipinski definition) is 3. The molecule has 0 aliphatic rings. The second-order valence-corrected chi connectivity index (χ2v) is 4.93. The molecule has 0 fully saturated rings.